The summed E-state index contributed by atoms with van der Waals surface area (Å²) in [6.07, 6.45) is 1.94. The molecule has 6 heteroatoms. The van der Waals surface area contributed by atoms with Crippen molar-refractivity contribution < 1.29 is 4.74 Å². The van der Waals surface area contributed by atoms with E-state index in [2.05, 4.69) is 269 Å². The van der Waals surface area contributed by atoms with Crippen LogP contribution in [0.15, 0.2) is 170 Å². The van der Waals surface area contributed by atoms with Gasteiger partial charge in [0, 0.05) is 40.8 Å². The summed E-state index contributed by atoms with van der Waals surface area (Å²) in [7, 11) is -2.08. The molecule has 0 radical (unpaired) electrons. The second kappa shape index (κ2) is 18.4. The van der Waals surface area contributed by atoms with Gasteiger partial charge in [0.05, 0.1) is 22.7 Å². The fourth-order valence-electron chi connectivity index (χ4n) is 9.71. The Balaban J connectivity index is 1.09. The average Bonchev–Trinajstić information content (AvgIpc) is 3.31. The van der Waals surface area contributed by atoms with E-state index in [9.17, 15) is 0 Å². The van der Waals surface area contributed by atoms with Crippen molar-refractivity contribution >= 4 is 58.4 Å². The van der Waals surface area contributed by atoms with Crippen LogP contribution in [0.1, 0.15) is 105 Å². The number of hydrogen-bond donors (Lipinski definition) is 2. The molecular formula is C65H72N4OSi. The smallest absolute Gasteiger partial charge is 0.137 e. The molecule has 1 aromatic heterocycles. The van der Waals surface area contributed by atoms with Crippen LogP contribution in [-0.2, 0) is 21.7 Å². The van der Waals surface area contributed by atoms with E-state index in [1.165, 1.54) is 49.4 Å². The van der Waals surface area contributed by atoms with Gasteiger partial charge >= 0.3 is 0 Å². The van der Waals surface area contributed by atoms with Crippen molar-refractivity contribution in [3.8, 4) is 33.8 Å². The van der Waals surface area contributed by atoms with E-state index in [4.69, 9.17) is 9.72 Å². The first-order chi connectivity index (χ1) is 33.4. The summed E-state index contributed by atoms with van der Waals surface area (Å²) in [5, 5.41) is 10.6. The lowest BCUT2D eigenvalue weighted by atomic mass is 9.77. The van der Waals surface area contributed by atoms with Crippen LogP contribution in [-0.4, -0.2) is 13.1 Å². The number of nitrogens with one attached hydrogen (secondary N) is 2. The van der Waals surface area contributed by atoms with E-state index in [0.717, 1.165) is 56.9 Å². The molecule has 9 rings (SSSR count). The minimum atomic E-state index is -2.08. The van der Waals surface area contributed by atoms with E-state index in [1.54, 1.807) is 0 Å². The van der Waals surface area contributed by atoms with E-state index in [-0.39, 0.29) is 21.7 Å². The molecule has 2 N–H and O–H groups in total. The molecule has 8 aromatic rings. The highest BCUT2D eigenvalue weighted by Crippen LogP contribution is 2.46. The molecule has 1 aliphatic rings. The van der Waals surface area contributed by atoms with Gasteiger partial charge in [-0.2, -0.15) is 0 Å². The first kappa shape index (κ1) is 49.1. The first-order valence-electron chi connectivity index (χ1n) is 25.3. The van der Waals surface area contributed by atoms with Gasteiger partial charge in [-0.3, -0.25) is 4.90 Å². The number of rotatable bonds is 9. The summed E-state index contributed by atoms with van der Waals surface area (Å²) < 4.78 is 6.81. The molecule has 0 saturated carbocycles. The third-order valence-electron chi connectivity index (χ3n) is 14.1. The largest absolute Gasteiger partial charge is 0.457 e. The molecule has 7 aromatic carbocycles. The molecule has 0 spiro atoms. The molecule has 71 heavy (non-hydrogen) atoms. The minimum absolute atomic E-state index is 0.0225. The molecule has 0 unspecified atom stereocenters. The number of ether oxygens (including phenoxy) is 1. The minimum Gasteiger partial charge on any atom is -0.457 e. The SMILES string of the molecule is CC(C)(C)c1cc(-c2cc(C(C)(C)C)cc(-c3ccccc3)c2Nc2ccccc2Nc2cccc(Oc3ccc4c(c3)N(c3cc(C(C)(C)C)ccn3)c3ccccc3[Si]4(C)C)c2)cc(C(C)(C)C)c1. The number of pyridine rings is 1. The van der Waals surface area contributed by atoms with E-state index >= 15 is 0 Å². The van der Waals surface area contributed by atoms with Crippen LogP contribution in [0.2, 0.25) is 13.1 Å². The van der Waals surface area contributed by atoms with Crippen molar-refractivity contribution in [3.63, 3.8) is 0 Å². The third-order valence-corrected chi connectivity index (χ3v) is 17.7. The molecule has 0 aliphatic carbocycles. The monoisotopic (exact) mass is 953 g/mol. The lowest BCUT2D eigenvalue weighted by molar-refractivity contribution is 0.483. The molecule has 0 saturated heterocycles. The van der Waals surface area contributed by atoms with E-state index in [1.807, 2.05) is 12.3 Å². The van der Waals surface area contributed by atoms with Crippen molar-refractivity contribution in [1.82, 2.24) is 4.98 Å². The van der Waals surface area contributed by atoms with Gasteiger partial charge in [-0.05, 0) is 126 Å². The number of benzene rings is 7. The quantitative estimate of drug-likeness (QED) is 0.141. The highest BCUT2D eigenvalue weighted by molar-refractivity contribution is 7.02. The zero-order chi connectivity index (χ0) is 50.7. The predicted molar refractivity (Wildman–Crippen MR) is 307 cm³/mol. The number of hydrogen-bond acceptors (Lipinski definition) is 5. The fraction of sp³-hybridized carbons (Fsp3) is 0.277. The summed E-state index contributed by atoms with van der Waals surface area (Å²) in [5.74, 6) is 2.42. The number of fused-ring (bicyclic) bond motifs is 2. The van der Waals surface area contributed by atoms with Gasteiger partial charge in [0.2, 0.25) is 0 Å². The Bertz CT molecular complexity index is 3220. The summed E-state index contributed by atoms with van der Waals surface area (Å²) in [6, 6.07) is 59.5. The lowest BCUT2D eigenvalue weighted by Gasteiger charge is -2.40. The van der Waals surface area contributed by atoms with Crippen molar-refractivity contribution in [3.05, 3.63) is 192 Å². The molecular weight excluding hydrogens is 881 g/mol. The van der Waals surface area contributed by atoms with Gasteiger partial charge in [-0.1, -0.05) is 187 Å². The van der Waals surface area contributed by atoms with Crippen LogP contribution in [0, 0.1) is 0 Å². The molecule has 362 valence electrons. The molecule has 2 heterocycles. The molecule has 5 nitrogen and oxygen atoms in total. The van der Waals surface area contributed by atoms with Crippen molar-refractivity contribution in [2.24, 2.45) is 0 Å². The maximum Gasteiger partial charge on any atom is 0.137 e. The standard InChI is InChI=1S/C65H72N4OSi/c1-62(2,3)45-33-34-66-60(40-45)69-56-29-20-21-30-58(56)71(13,14)59-32-31-51(42-57(59)69)70-50-26-22-25-49(41-50)67-54-27-18-19-28-55(54)68-61-52(43-23-16-15-17-24-43)38-48(65(10,11)12)39-53(61)44-35-46(63(4,5)6)37-47(36-44)64(7,8)9/h15-42,67-68H,1-14H3. The van der Waals surface area contributed by atoms with Crippen molar-refractivity contribution in [1.29, 1.82) is 0 Å². The van der Waals surface area contributed by atoms with Gasteiger partial charge in [-0.25, -0.2) is 4.98 Å². The highest BCUT2D eigenvalue weighted by Gasteiger charge is 2.39. The van der Waals surface area contributed by atoms with E-state index < -0.39 is 8.07 Å². The summed E-state index contributed by atoms with van der Waals surface area (Å²) in [5.41, 5.74) is 15.9. The topological polar surface area (TPSA) is 49.4 Å². The maximum absolute atomic E-state index is 6.81. The Morgan fingerprint density at radius 3 is 1.63 bits per heavy atom. The van der Waals surface area contributed by atoms with Crippen LogP contribution in [0.4, 0.5) is 39.9 Å². The van der Waals surface area contributed by atoms with Crippen molar-refractivity contribution in [2.45, 2.75) is 118 Å². The van der Waals surface area contributed by atoms with Crippen LogP contribution in [0.5, 0.6) is 11.5 Å². The van der Waals surface area contributed by atoms with Crippen LogP contribution in [0.3, 0.4) is 0 Å². The number of para-hydroxylation sites is 3. The maximum atomic E-state index is 6.81. The Hall–Kier alpha value is -6.89. The molecule has 0 fully saturated rings. The normalized spacial score (nSPS) is 13.6. The number of nitrogens with zero attached hydrogens (tertiary/aromatic N) is 2. The Morgan fingerprint density at radius 1 is 0.437 bits per heavy atom. The number of aromatic nitrogens is 1. The molecule has 0 atom stereocenters. The van der Waals surface area contributed by atoms with Crippen molar-refractivity contribution in [2.75, 3.05) is 15.5 Å². The summed E-state index contributed by atoms with van der Waals surface area (Å²) >= 11 is 0. The molecule has 1 aliphatic heterocycles. The second-order valence-electron chi connectivity index (χ2n) is 24.1. The summed E-state index contributed by atoms with van der Waals surface area (Å²) in [6.45, 7) is 32.5. The van der Waals surface area contributed by atoms with Gasteiger partial charge in [0.15, 0.2) is 0 Å². The number of anilines is 7. The lowest BCUT2D eigenvalue weighted by Crippen LogP contribution is -2.58. The zero-order valence-corrected chi connectivity index (χ0v) is 45.5. The Morgan fingerprint density at radius 2 is 0.986 bits per heavy atom. The average molecular weight is 953 g/mol. The van der Waals surface area contributed by atoms with Crippen LogP contribution >= 0.6 is 0 Å². The van der Waals surface area contributed by atoms with Gasteiger partial charge < -0.3 is 15.4 Å². The van der Waals surface area contributed by atoms with Gasteiger partial charge in [0.1, 0.15) is 25.4 Å². The van der Waals surface area contributed by atoms with Gasteiger partial charge in [-0.15, -0.1) is 0 Å². The zero-order valence-electron chi connectivity index (χ0n) is 44.5. The predicted octanol–water partition coefficient (Wildman–Crippen LogP) is 17.5. The third kappa shape index (κ3) is 10.2. The molecule has 0 amide bonds. The van der Waals surface area contributed by atoms with Crippen LogP contribution < -0.4 is 30.6 Å². The second-order valence-corrected chi connectivity index (χ2v) is 28.4. The summed E-state index contributed by atoms with van der Waals surface area (Å²) in [4.78, 5) is 7.32. The fourth-order valence-corrected chi connectivity index (χ4v) is 12.7. The van der Waals surface area contributed by atoms with Crippen LogP contribution in [0.25, 0.3) is 22.3 Å². The molecule has 0 bridgehead atoms. The van der Waals surface area contributed by atoms with E-state index in [0.29, 0.717) is 0 Å². The Labute approximate surface area is 425 Å². The first-order valence-corrected chi connectivity index (χ1v) is 28.3. The highest BCUT2D eigenvalue weighted by atomic mass is 28.3. The Kier molecular flexibility index (Phi) is 12.7. The van der Waals surface area contributed by atoms with Gasteiger partial charge in [0.25, 0.3) is 0 Å².